The number of methoxy groups -OCH3 is 1. The standard InChI is InChI=1S/C11H20O2/c1-13-11(12)9-7-5-3-2-4-6-8-10(9)11/h9-10,12H,2-8H2,1H3. The van der Waals surface area contributed by atoms with Crippen molar-refractivity contribution in [3.63, 3.8) is 0 Å². The van der Waals surface area contributed by atoms with Crippen LogP contribution in [0.1, 0.15) is 44.9 Å². The van der Waals surface area contributed by atoms with Crippen LogP contribution in [-0.4, -0.2) is 18.0 Å². The Morgan fingerprint density at radius 2 is 1.46 bits per heavy atom. The van der Waals surface area contributed by atoms with Crippen molar-refractivity contribution in [3.8, 4) is 0 Å². The Kier molecular flexibility index (Phi) is 2.61. The highest BCUT2D eigenvalue weighted by atomic mass is 16.6. The molecule has 0 saturated heterocycles. The molecule has 2 rings (SSSR count). The van der Waals surface area contributed by atoms with Gasteiger partial charge in [-0.05, 0) is 12.8 Å². The monoisotopic (exact) mass is 184 g/mol. The van der Waals surface area contributed by atoms with Gasteiger partial charge in [-0.15, -0.1) is 0 Å². The van der Waals surface area contributed by atoms with E-state index in [0.29, 0.717) is 11.8 Å². The summed E-state index contributed by atoms with van der Waals surface area (Å²) in [5, 5.41) is 10.0. The van der Waals surface area contributed by atoms with E-state index in [-0.39, 0.29) is 0 Å². The first kappa shape index (κ1) is 9.47. The van der Waals surface area contributed by atoms with Crippen molar-refractivity contribution in [3.05, 3.63) is 0 Å². The second kappa shape index (κ2) is 3.58. The lowest BCUT2D eigenvalue weighted by molar-refractivity contribution is -0.125. The lowest BCUT2D eigenvalue weighted by Gasteiger charge is -2.09. The molecule has 0 bridgehead atoms. The molecule has 2 aliphatic carbocycles. The van der Waals surface area contributed by atoms with Gasteiger partial charge in [-0.3, -0.25) is 0 Å². The van der Waals surface area contributed by atoms with Crippen LogP contribution in [0.3, 0.4) is 0 Å². The third-order valence-electron chi connectivity index (χ3n) is 3.80. The van der Waals surface area contributed by atoms with Gasteiger partial charge in [-0.2, -0.15) is 0 Å². The van der Waals surface area contributed by atoms with Crippen LogP contribution in [0.25, 0.3) is 0 Å². The van der Waals surface area contributed by atoms with E-state index in [1.54, 1.807) is 7.11 Å². The minimum atomic E-state index is -0.739. The maximum absolute atomic E-state index is 10.0. The van der Waals surface area contributed by atoms with Gasteiger partial charge in [0.05, 0.1) is 0 Å². The Morgan fingerprint density at radius 1 is 1.00 bits per heavy atom. The maximum atomic E-state index is 10.0. The van der Waals surface area contributed by atoms with Crippen LogP contribution in [0.2, 0.25) is 0 Å². The van der Waals surface area contributed by atoms with Crippen molar-refractivity contribution in [2.45, 2.75) is 50.7 Å². The van der Waals surface area contributed by atoms with Crippen molar-refractivity contribution < 1.29 is 9.84 Å². The van der Waals surface area contributed by atoms with Crippen molar-refractivity contribution in [1.82, 2.24) is 0 Å². The van der Waals surface area contributed by atoms with Crippen molar-refractivity contribution >= 4 is 0 Å². The SMILES string of the molecule is COC1(O)C2CCCCCCCC21. The number of fused-ring (bicyclic) bond motifs is 1. The zero-order chi connectivity index (χ0) is 9.31. The fraction of sp³-hybridized carbons (Fsp3) is 1.00. The van der Waals surface area contributed by atoms with Crippen LogP contribution < -0.4 is 0 Å². The highest BCUT2D eigenvalue weighted by molar-refractivity contribution is 5.05. The molecule has 1 N–H and O–H groups in total. The summed E-state index contributed by atoms with van der Waals surface area (Å²) in [5.41, 5.74) is 0. The maximum Gasteiger partial charge on any atom is 0.171 e. The van der Waals surface area contributed by atoms with E-state index in [1.807, 2.05) is 0 Å². The third kappa shape index (κ3) is 1.62. The molecule has 2 saturated carbocycles. The minimum absolute atomic E-state index is 0.440. The molecule has 0 aromatic heterocycles. The number of ether oxygens (including phenoxy) is 1. The Labute approximate surface area is 80.3 Å². The summed E-state index contributed by atoms with van der Waals surface area (Å²) in [6.07, 6.45) is 8.92. The fourth-order valence-corrected chi connectivity index (χ4v) is 2.87. The van der Waals surface area contributed by atoms with Crippen LogP contribution >= 0.6 is 0 Å². The van der Waals surface area contributed by atoms with Gasteiger partial charge in [0.25, 0.3) is 0 Å². The molecule has 2 heteroatoms. The van der Waals surface area contributed by atoms with E-state index in [1.165, 1.54) is 32.1 Å². The van der Waals surface area contributed by atoms with Gasteiger partial charge < -0.3 is 9.84 Å². The topological polar surface area (TPSA) is 29.5 Å². The zero-order valence-electron chi connectivity index (χ0n) is 8.46. The molecule has 13 heavy (non-hydrogen) atoms. The molecule has 0 radical (unpaired) electrons. The molecule has 0 aromatic carbocycles. The molecule has 0 amide bonds. The second-order valence-corrected chi connectivity index (χ2v) is 4.51. The molecule has 2 nitrogen and oxygen atoms in total. The minimum Gasteiger partial charge on any atom is -0.365 e. The Bertz CT molecular complexity index is 165. The van der Waals surface area contributed by atoms with Gasteiger partial charge in [0.15, 0.2) is 5.79 Å². The van der Waals surface area contributed by atoms with Crippen molar-refractivity contribution in [1.29, 1.82) is 0 Å². The van der Waals surface area contributed by atoms with Crippen molar-refractivity contribution in [2.24, 2.45) is 11.8 Å². The molecule has 2 atom stereocenters. The third-order valence-corrected chi connectivity index (χ3v) is 3.80. The van der Waals surface area contributed by atoms with E-state index in [4.69, 9.17) is 4.74 Å². The quantitative estimate of drug-likeness (QED) is 0.634. The summed E-state index contributed by atoms with van der Waals surface area (Å²) in [7, 11) is 1.64. The van der Waals surface area contributed by atoms with Crippen LogP contribution in [0.4, 0.5) is 0 Å². The molecular weight excluding hydrogens is 164 g/mol. The molecule has 0 aliphatic heterocycles. The summed E-state index contributed by atoms with van der Waals surface area (Å²) in [5.74, 6) is 0.142. The number of rotatable bonds is 1. The predicted octanol–water partition coefficient (Wildman–Crippen LogP) is 2.31. The fourth-order valence-electron chi connectivity index (χ4n) is 2.87. The Morgan fingerprint density at radius 3 is 1.92 bits per heavy atom. The predicted molar refractivity (Wildman–Crippen MR) is 51.3 cm³/mol. The van der Waals surface area contributed by atoms with Crippen LogP contribution in [0.15, 0.2) is 0 Å². The molecule has 0 spiro atoms. The Hall–Kier alpha value is -0.0800. The average Bonchev–Trinajstić information content (AvgIpc) is 2.68. The normalized spacial score (nSPS) is 45.7. The molecule has 0 heterocycles. The summed E-state index contributed by atoms with van der Waals surface area (Å²) in [4.78, 5) is 0. The highest BCUT2D eigenvalue weighted by Crippen LogP contribution is 2.56. The first-order valence-electron chi connectivity index (χ1n) is 5.56. The lowest BCUT2D eigenvalue weighted by atomic mass is 10.1. The largest absolute Gasteiger partial charge is 0.365 e. The van der Waals surface area contributed by atoms with Gasteiger partial charge in [0.2, 0.25) is 0 Å². The van der Waals surface area contributed by atoms with Gasteiger partial charge in [-0.1, -0.05) is 32.1 Å². The molecule has 2 unspecified atom stereocenters. The highest BCUT2D eigenvalue weighted by Gasteiger charge is 2.63. The molecule has 76 valence electrons. The smallest absolute Gasteiger partial charge is 0.171 e. The van der Waals surface area contributed by atoms with E-state index in [0.717, 1.165) is 12.8 Å². The van der Waals surface area contributed by atoms with E-state index >= 15 is 0 Å². The Balaban J connectivity index is 1.94. The number of aliphatic hydroxyl groups is 1. The summed E-state index contributed by atoms with van der Waals surface area (Å²) in [6.45, 7) is 0. The first-order chi connectivity index (χ1) is 6.29. The summed E-state index contributed by atoms with van der Waals surface area (Å²) < 4.78 is 5.20. The van der Waals surface area contributed by atoms with E-state index < -0.39 is 5.79 Å². The number of hydrogen-bond donors (Lipinski definition) is 1. The number of hydrogen-bond acceptors (Lipinski definition) is 2. The van der Waals surface area contributed by atoms with Crippen LogP contribution in [0, 0.1) is 11.8 Å². The lowest BCUT2D eigenvalue weighted by Crippen LogP contribution is -2.16. The molecule has 0 aromatic rings. The van der Waals surface area contributed by atoms with Gasteiger partial charge >= 0.3 is 0 Å². The van der Waals surface area contributed by atoms with Crippen LogP contribution in [0.5, 0.6) is 0 Å². The molecule has 2 fully saturated rings. The van der Waals surface area contributed by atoms with Gasteiger partial charge in [0.1, 0.15) is 0 Å². The summed E-state index contributed by atoms with van der Waals surface area (Å²) >= 11 is 0. The summed E-state index contributed by atoms with van der Waals surface area (Å²) in [6, 6.07) is 0. The van der Waals surface area contributed by atoms with E-state index in [9.17, 15) is 5.11 Å². The van der Waals surface area contributed by atoms with Crippen LogP contribution in [-0.2, 0) is 4.74 Å². The first-order valence-corrected chi connectivity index (χ1v) is 5.56. The average molecular weight is 184 g/mol. The van der Waals surface area contributed by atoms with Crippen molar-refractivity contribution in [2.75, 3.05) is 7.11 Å². The zero-order valence-corrected chi connectivity index (χ0v) is 8.46. The van der Waals surface area contributed by atoms with Gasteiger partial charge in [-0.25, -0.2) is 0 Å². The van der Waals surface area contributed by atoms with Gasteiger partial charge in [0, 0.05) is 18.9 Å². The molecular formula is C11H20O2. The van der Waals surface area contributed by atoms with E-state index in [2.05, 4.69) is 0 Å². The second-order valence-electron chi connectivity index (χ2n) is 4.51. The molecule has 2 aliphatic rings.